The molecule has 1 aromatic rings. The van der Waals surface area contributed by atoms with E-state index in [1.165, 1.54) is 0 Å². The second-order valence-electron chi connectivity index (χ2n) is 5.81. The van der Waals surface area contributed by atoms with Gasteiger partial charge in [0.1, 0.15) is 0 Å². The van der Waals surface area contributed by atoms with E-state index >= 15 is 0 Å². The molecule has 0 radical (unpaired) electrons. The van der Waals surface area contributed by atoms with E-state index in [1.807, 2.05) is 19.4 Å². The number of aryl methyl sites for hydroxylation is 1. The van der Waals surface area contributed by atoms with Crippen molar-refractivity contribution in [2.75, 3.05) is 20.1 Å². The van der Waals surface area contributed by atoms with E-state index in [0.29, 0.717) is 5.41 Å². The predicted octanol–water partition coefficient (Wildman–Crippen LogP) is 1.40. The van der Waals surface area contributed by atoms with Crippen LogP contribution in [0.1, 0.15) is 32.4 Å². The summed E-state index contributed by atoms with van der Waals surface area (Å²) < 4.78 is 1.79. The zero-order valence-corrected chi connectivity index (χ0v) is 11.1. The average molecular weight is 224 g/mol. The third kappa shape index (κ3) is 4.33. The van der Waals surface area contributed by atoms with Crippen molar-refractivity contribution in [3.05, 3.63) is 18.0 Å². The SMILES string of the molecule is CN(CC(N)c1cnn(C)c1)CC(C)(C)C. The first-order valence-electron chi connectivity index (χ1n) is 5.70. The molecule has 0 aliphatic carbocycles. The van der Waals surface area contributed by atoms with Crippen LogP contribution in [-0.2, 0) is 7.05 Å². The zero-order valence-electron chi connectivity index (χ0n) is 11.1. The van der Waals surface area contributed by atoms with Crippen LogP contribution in [0.4, 0.5) is 0 Å². The van der Waals surface area contributed by atoms with Crippen LogP contribution in [0.3, 0.4) is 0 Å². The van der Waals surface area contributed by atoms with Crippen LogP contribution in [0.15, 0.2) is 12.4 Å². The molecule has 1 rings (SSSR count). The second kappa shape index (κ2) is 4.97. The van der Waals surface area contributed by atoms with Gasteiger partial charge in [-0.3, -0.25) is 4.68 Å². The molecule has 2 N–H and O–H groups in total. The van der Waals surface area contributed by atoms with Gasteiger partial charge in [0.05, 0.1) is 6.20 Å². The molecular weight excluding hydrogens is 200 g/mol. The summed E-state index contributed by atoms with van der Waals surface area (Å²) in [4.78, 5) is 2.28. The number of rotatable bonds is 4. The van der Waals surface area contributed by atoms with Gasteiger partial charge in [-0.1, -0.05) is 20.8 Å². The minimum atomic E-state index is 0.0426. The molecule has 1 aromatic heterocycles. The topological polar surface area (TPSA) is 47.1 Å². The fourth-order valence-electron chi connectivity index (χ4n) is 1.95. The third-order valence-electron chi connectivity index (χ3n) is 2.41. The Morgan fingerprint density at radius 3 is 2.56 bits per heavy atom. The summed E-state index contributed by atoms with van der Waals surface area (Å²) in [5.41, 5.74) is 7.54. The molecule has 0 aliphatic heterocycles. The standard InChI is InChI=1S/C12H24N4/c1-12(2,3)9-15(4)8-11(13)10-6-14-16(5)7-10/h6-7,11H,8-9,13H2,1-5H3. The molecule has 0 bridgehead atoms. The van der Waals surface area contributed by atoms with E-state index in [2.05, 4.69) is 37.8 Å². The van der Waals surface area contributed by atoms with Gasteiger partial charge in [0.2, 0.25) is 0 Å². The van der Waals surface area contributed by atoms with Crippen LogP contribution >= 0.6 is 0 Å². The number of nitrogens with zero attached hydrogens (tertiary/aromatic N) is 3. The Kier molecular flexibility index (Phi) is 4.10. The first-order valence-corrected chi connectivity index (χ1v) is 5.70. The lowest BCUT2D eigenvalue weighted by molar-refractivity contribution is 0.217. The Labute approximate surface area is 98.4 Å². The Balaban J connectivity index is 2.48. The predicted molar refractivity (Wildman–Crippen MR) is 67.1 cm³/mol. The molecule has 1 unspecified atom stereocenters. The Hall–Kier alpha value is -0.870. The van der Waals surface area contributed by atoms with Crippen molar-refractivity contribution in [1.29, 1.82) is 0 Å². The lowest BCUT2D eigenvalue weighted by Gasteiger charge is -2.28. The van der Waals surface area contributed by atoms with E-state index in [1.54, 1.807) is 4.68 Å². The number of hydrogen-bond donors (Lipinski definition) is 1. The summed E-state index contributed by atoms with van der Waals surface area (Å²) in [7, 11) is 4.02. The number of aromatic nitrogens is 2. The van der Waals surface area contributed by atoms with Gasteiger partial charge in [-0.2, -0.15) is 5.10 Å². The summed E-state index contributed by atoms with van der Waals surface area (Å²) in [5, 5.41) is 4.14. The molecule has 0 aromatic carbocycles. The van der Waals surface area contributed by atoms with Crippen molar-refractivity contribution in [3.8, 4) is 0 Å². The highest BCUT2D eigenvalue weighted by atomic mass is 15.2. The molecule has 92 valence electrons. The maximum absolute atomic E-state index is 6.13. The van der Waals surface area contributed by atoms with Crippen molar-refractivity contribution in [3.63, 3.8) is 0 Å². The lowest BCUT2D eigenvalue weighted by Crippen LogP contribution is -2.34. The first-order chi connectivity index (χ1) is 7.28. The molecule has 0 saturated heterocycles. The van der Waals surface area contributed by atoms with Gasteiger partial charge in [-0.25, -0.2) is 0 Å². The van der Waals surface area contributed by atoms with Gasteiger partial charge in [0.25, 0.3) is 0 Å². The molecule has 1 heterocycles. The molecule has 0 amide bonds. The monoisotopic (exact) mass is 224 g/mol. The minimum absolute atomic E-state index is 0.0426. The molecule has 0 spiro atoms. The quantitative estimate of drug-likeness (QED) is 0.841. The molecule has 0 saturated carbocycles. The molecule has 0 aliphatic rings. The Morgan fingerprint density at radius 2 is 2.12 bits per heavy atom. The van der Waals surface area contributed by atoms with Crippen LogP contribution in [-0.4, -0.2) is 34.8 Å². The van der Waals surface area contributed by atoms with Gasteiger partial charge in [-0.15, -0.1) is 0 Å². The zero-order chi connectivity index (χ0) is 12.3. The van der Waals surface area contributed by atoms with Crippen molar-refractivity contribution >= 4 is 0 Å². The van der Waals surface area contributed by atoms with Crippen molar-refractivity contribution in [2.45, 2.75) is 26.8 Å². The van der Waals surface area contributed by atoms with E-state index < -0.39 is 0 Å². The van der Waals surface area contributed by atoms with Crippen LogP contribution in [0.25, 0.3) is 0 Å². The second-order valence-corrected chi connectivity index (χ2v) is 5.81. The van der Waals surface area contributed by atoms with Crippen molar-refractivity contribution < 1.29 is 0 Å². The number of nitrogens with two attached hydrogens (primary N) is 1. The minimum Gasteiger partial charge on any atom is -0.323 e. The number of hydrogen-bond acceptors (Lipinski definition) is 3. The summed E-state index contributed by atoms with van der Waals surface area (Å²) >= 11 is 0. The molecular formula is C12H24N4. The summed E-state index contributed by atoms with van der Waals surface area (Å²) in [5.74, 6) is 0. The Morgan fingerprint density at radius 1 is 1.50 bits per heavy atom. The van der Waals surface area contributed by atoms with Crippen LogP contribution in [0, 0.1) is 5.41 Å². The molecule has 4 heteroatoms. The van der Waals surface area contributed by atoms with Crippen LogP contribution in [0.2, 0.25) is 0 Å². The van der Waals surface area contributed by atoms with Crippen molar-refractivity contribution in [2.24, 2.45) is 18.2 Å². The first kappa shape index (κ1) is 13.2. The molecule has 1 atom stereocenters. The van der Waals surface area contributed by atoms with Gasteiger partial charge in [0, 0.05) is 37.9 Å². The van der Waals surface area contributed by atoms with Gasteiger partial charge >= 0.3 is 0 Å². The Bertz CT molecular complexity index is 324. The van der Waals surface area contributed by atoms with Gasteiger partial charge in [0.15, 0.2) is 0 Å². The highest BCUT2D eigenvalue weighted by Gasteiger charge is 2.16. The highest BCUT2D eigenvalue weighted by Crippen LogP contribution is 2.16. The fraction of sp³-hybridized carbons (Fsp3) is 0.750. The average Bonchev–Trinajstić information content (AvgIpc) is 2.47. The summed E-state index contributed by atoms with van der Waals surface area (Å²) in [6.45, 7) is 8.61. The van der Waals surface area contributed by atoms with E-state index in [4.69, 9.17) is 5.73 Å². The van der Waals surface area contributed by atoms with Crippen LogP contribution in [0.5, 0.6) is 0 Å². The maximum atomic E-state index is 6.13. The highest BCUT2D eigenvalue weighted by molar-refractivity contribution is 5.09. The maximum Gasteiger partial charge on any atom is 0.0537 e. The van der Waals surface area contributed by atoms with E-state index in [9.17, 15) is 0 Å². The van der Waals surface area contributed by atoms with Gasteiger partial charge < -0.3 is 10.6 Å². The number of likely N-dealkylation sites (N-methyl/N-ethyl adjacent to an activating group) is 1. The molecule has 4 nitrogen and oxygen atoms in total. The third-order valence-corrected chi connectivity index (χ3v) is 2.41. The normalized spacial score (nSPS) is 14.4. The lowest BCUT2D eigenvalue weighted by atomic mass is 9.96. The fourth-order valence-corrected chi connectivity index (χ4v) is 1.95. The molecule has 0 fully saturated rings. The summed E-state index contributed by atoms with van der Waals surface area (Å²) in [6.07, 6.45) is 3.82. The largest absolute Gasteiger partial charge is 0.323 e. The van der Waals surface area contributed by atoms with Crippen molar-refractivity contribution in [1.82, 2.24) is 14.7 Å². The molecule has 16 heavy (non-hydrogen) atoms. The van der Waals surface area contributed by atoms with E-state index in [0.717, 1.165) is 18.7 Å². The van der Waals surface area contributed by atoms with Gasteiger partial charge in [-0.05, 0) is 12.5 Å². The van der Waals surface area contributed by atoms with E-state index in [-0.39, 0.29) is 6.04 Å². The smallest absolute Gasteiger partial charge is 0.0537 e. The summed E-state index contributed by atoms with van der Waals surface area (Å²) in [6, 6.07) is 0.0426. The van der Waals surface area contributed by atoms with Crippen LogP contribution < -0.4 is 5.73 Å².